The van der Waals surface area contributed by atoms with Crippen LogP contribution >= 0.6 is 0 Å². The quantitative estimate of drug-likeness (QED) is 0.577. The highest BCUT2D eigenvalue weighted by molar-refractivity contribution is 5.99. The Morgan fingerprint density at radius 2 is 1.89 bits per heavy atom. The van der Waals surface area contributed by atoms with E-state index in [9.17, 15) is 4.79 Å². The second-order valence-electron chi connectivity index (χ2n) is 5.82. The lowest BCUT2D eigenvalue weighted by molar-refractivity contribution is 0.100. The second kappa shape index (κ2) is 6.24. The fourth-order valence-corrected chi connectivity index (χ4v) is 2.86. The lowest BCUT2D eigenvalue weighted by Crippen LogP contribution is -2.10. The Hall–Kier alpha value is -4.25. The average molecular weight is 355 g/mol. The molecular weight excluding hydrogens is 342 g/mol. The maximum absolute atomic E-state index is 11.3. The van der Waals surface area contributed by atoms with E-state index in [1.54, 1.807) is 47.1 Å². The first kappa shape index (κ1) is 16.2. The van der Waals surface area contributed by atoms with E-state index in [-0.39, 0.29) is 5.82 Å². The van der Waals surface area contributed by atoms with Crippen LogP contribution in [0.3, 0.4) is 0 Å². The molecule has 1 amide bonds. The number of nitriles is 1. The predicted octanol–water partition coefficient (Wildman–Crippen LogP) is 2.04. The van der Waals surface area contributed by atoms with E-state index in [0.29, 0.717) is 33.5 Å². The second-order valence-corrected chi connectivity index (χ2v) is 5.82. The summed E-state index contributed by atoms with van der Waals surface area (Å²) < 4.78 is 1.62. The number of nitrogens with zero attached hydrogens (tertiary/aromatic N) is 5. The molecule has 0 saturated carbocycles. The molecule has 2 aromatic carbocycles. The Balaban J connectivity index is 1.97. The van der Waals surface area contributed by atoms with Crippen molar-refractivity contribution in [2.75, 3.05) is 5.73 Å². The molecule has 0 bridgehead atoms. The SMILES string of the molecule is N#Cc1cccc(-n2nc(-c3ccc(C(N)=O)cc3)c3c(N)ncnc32)c1. The zero-order valence-corrected chi connectivity index (χ0v) is 14.0. The van der Waals surface area contributed by atoms with E-state index in [0.717, 1.165) is 5.56 Å². The van der Waals surface area contributed by atoms with Gasteiger partial charge in [-0.2, -0.15) is 10.4 Å². The molecule has 0 unspecified atom stereocenters. The van der Waals surface area contributed by atoms with Gasteiger partial charge in [0.2, 0.25) is 5.91 Å². The molecule has 4 N–H and O–H groups in total. The van der Waals surface area contributed by atoms with Gasteiger partial charge in [0.05, 0.1) is 22.7 Å². The van der Waals surface area contributed by atoms with E-state index < -0.39 is 5.91 Å². The minimum Gasteiger partial charge on any atom is -0.383 e. The summed E-state index contributed by atoms with van der Waals surface area (Å²) in [6, 6.07) is 15.9. The Kier molecular flexibility index (Phi) is 3.75. The lowest BCUT2D eigenvalue weighted by atomic mass is 10.1. The van der Waals surface area contributed by atoms with E-state index in [1.807, 2.05) is 6.07 Å². The summed E-state index contributed by atoms with van der Waals surface area (Å²) in [6.07, 6.45) is 1.37. The molecule has 0 aliphatic carbocycles. The number of aromatic nitrogens is 4. The van der Waals surface area contributed by atoms with Crippen LogP contribution in [0.2, 0.25) is 0 Å². The van der Waals surface area contributed by atoms with Crippen molar-refractivity contribution in [3.8, 4) is 23.0 Å². The first-order valence-electron chi connectivity index (χ1n) is 7.98. The number of primary amides is 1. The third-order valence-electron chi connectivity index (χ3n) is 4.16. The topological polar surface area (TPSA) is 136 Å². The summed E-state index contributed by atoms with van der Waals surface area (Å²) in [4.78, 5) is 19.7. The molecular formula is C19H13N7O. The molecule has 0 aliphatic heterocycles. The van der Waals surface area contributed by atoms with Crippen molar-refractivity contribution >= 4 is 22.8 Å². The number of fused-ring (bicyclic) bond motifs is 1. The molecule has 2 heterocycles. The van der Waals surface area contributed by atoms with Crippen LogP contribution in [0.4, 0.5) is 5.82 Å². The normalized spacial score (nSPS) is 10.6. The number of hydrogen-bond acceptors (Lipinski definition) is 6. The maximum atomic E-state index is 11.3. The molecule has 0 radical (unpaired) electrons. The molecule has 0 saturated heterocycles. The van der Waals surface area contributed by atoms with Crippen molar-refractivity contribution in [1.82, 2.24) is 19.7 Å². The van der Waals surface area contributed by atoms with Gasteiger partial charge in [0.1, 0.15) is 17.8 Å². The number of anilines is 1. The van der Waals surface area contributed by atoms with Crippen LogP contribution in [0.5, 0.6) is 0 Å². The largest absolute Gasteiger partial charge is 0.383 e. The Labute approximate surface area is 153 Å². The van der Waals surface area contributed by atoms with Crippen molar-refractivity contribution in [3.05, 3.63) is 66.0 Å². The number of hydrogen-bond donors (Lipinski definition) is 2. The van der Waals surface area contributed by atoms with E-state index in [4.69, 9.17) is 16.7 Å². The van der Waals surface area contributed by atoms with Gasteiger partial charge in [-0.1, -0.05) is 18.2 Å². The van der Waals surface area contributed by atoms with Crippen molar-refractivity contribution in [3.63, 3.8) is 0 Å². The number of carbonyl (C=O) groups excluding carboxylic acids is 1. The minimum absolute atomic E-state index is 0.289. The summed E-state index contributed by atoms with van der Waals surface area (Å²) in [6.45, 7) is 0. The predicted molar refractivity (Wildman–Crippen MR) is 99.7 cm³/mol. The monoisotopic (exact) mass is 355 g/mol. The van der Waals surface area contributed by atoms with Gasteiger partial charge in [0.15, 0.2) is 5.65 Å². The first-order chi connectivity index (χ1) is 13.1. The molecule has 4 rings (SSSR count). The number of benzene rings is 2. The van der Waals surface area contributed by atoms with Crippen LogP contribution in [0, 0.1) is 11.3 Å². The van der Waals surface area contributed by atoms with Gasteiger partial charge >= 0.3 is 0 Å². The lowest BCUT2D eigenvalue weighted by Gasteiger charge is -2.02. The average Bonchev–Trinajstić information content (AvgIpc) is 3.09. The number of carbonyl (C=O) groups is 1. The number of rotatable bonds is 3. The maximum Gasteiger partial charge on any atom is 0.248 e. The molecule has 4 aromatic rings. The fraction of sp³-hybridized carbons (Fsp3) is 0. The van der Waals surface area contributed by atoms with Gasteiger partial charge in [0, 0.05) is 11.1 Å². The highest BCUT2D eigenvalue weighted by atomic mass is 16.1. The van der Waals surface area contributed by atoms with Gasteiger partial charge in [0.25, 0.3) is 0 Å². The van der Waals surface area contributed by atoms with Gasteiger partial charge in [-0.15, -0.1) is 0 Å². The van der Waals surface area contributed by atoms with Crippen LogP contribution in [0.1, 0.15) is 15.9 Å². The smallest absolute Gasteiger partial charge is 0.248 e. The van der Waals surface area contributed by atoms with Crippen LogP contribution in [0.15, 0.2) is 54.9 Å². The highest BCUT2D eigenvalue weighted by Crippen LogP contribution is 2.31. The van der Waals surface area contributed by atoms with Crippen molar-refractivity contribution in [2.24, 2.45) is 5.73 Å². The van der Waals surface area contributed by atoms with Crippen LogP contribution < -0.4 is 11.5 Å². The summed E-state index contributed by atoms with van der Waals surface area (Å²) >= 11 is 0. The van der Waals surface area contributed by atoms with Crippen molar-refractivity contribution in [2.45, 2.75) is 0 Å². The number of nitrogen functional groups attached to an aromatic ring is 1. The highest BCUT2D eigenvalue weighted by Gasteiger charge is 2.18. The number of nitrogens with two attached hydrogens (primary N) is 2. The number of amides is 1. The molecule has 27 heavy (non-hydrogen) atoms. The van der Waals surface area contributed by atoms with Crippen LogP contribution in [0.25, 0.3) is 28.0 Å². The molecule has 130 valence electrons. The van der Waals surface area contributed by atoms with Crippen LogP contribution in [-0.4, -0.2) is 25.7 Å². The molecule has 8 heteroatoms. The van der Waals surface area contributed by atoms with Gasteiger partial charge < -0.3 is 11.5 Å². The fourth-order valence-electron chi connectivity index (χ4n) is 2.86. The Bertz CT molecular complexity index is 1220. The molecule has 0 fully saturated rings. The van der Waals surface area contributed by atoms with E-state index in [1.165, 1.54) is 6.33 Å². The molecule has 2 aromatic heterocycles. The standard InChI is InChI=1S/C19H13N7O/c20-9-11-2-1-3-14(8-11)26-19-15(17(21)23-10-24-19)16(25-26)12-4-6-13(7-5-12)18(22)27/h1-8,10H,(H2,22,27)(H2,21,23,24). The summed E-state index contributed by atoms with van der Waals surface area (Å²) in [5.41, 5.74) is 14.8. The minimum atomic E-state index is -0.506. The Morgan fingerprint density at radius 3 is 2.59 bits per heavy atom. The van der Waals surface area contributed by atoms with Crippen LogP contribution in [-0.2, 0) is 0 Å². The zero-order chi connectivity index (χ0) is 19.0. The van der Waals surface area contributed by atoms with Gasteiger partial charge in [-0.3, -0.25) is 4.79 Å². The van der Waals surface area contributed by atoms with Crippen molar-refractivity contribution in [1.29, 1.82) is 5.26 Å². The van der Waals surface area contributed by atoms with E-state index >= 15 is 0 Å². The Morgan fingerprint density at radius 1 is 1.11 bits per heavy atom. The van der Waals surface area contributed by atoms with Gasteiger partial charge in [-0.05, 0) is 30.3 Å². The first-order valence-corrected chi connectivity index (χ1v) is 7.98. The molecule has 8 nitrogen and oxygen atoms in total. The zero-order valence-electron chi connectivity index (χ0n) is 14.0. The van der Waals surface area contributed by atoms with Crippen molar-refractivity contribution < 1.29 is 4.79 Å². The summed E-state index contributed by atoms with van der Waals surface area (Å²) in [7, 11) is 0. The third kappa shape index (κ3) is 2.73. The summed E-state index contributed by atoms with van der Waals surface area (Å²) in [5, 5.41) is 14.4. The third-order valence-corrected chi connectivity index (χ3v) is 4.16. The summed E-state index contributed by atoms with van der Waals surface area (Å²) in [5.74, 6) is -0.218. The molecule has 0 atom stereocenters. The molecule has 0 spiro atoms. The van der Waals surface area contributed by atoms with E-state index in [2.05, 4.69) is 21.1 Å². The van der Waals surface area contributed by atoms with Gasteiger partial charge in [-0.25, -0.2) is 14.6 Å². The molecule has 0 aliphatic rings.